The van der Waals surface area contributed by atoms with E-state index in [-0.39, 0.29) is 12.3 Å². The maximum absolute atomic E-state index is 11.1. The summed E-state index contributed by atoms with van der Waals surface area (Å²) in [5, 5.41) is 9.12. The van der Waals surface area contributed by atoms with Gasteiger partial charge in [-0.05, 0) is 49.0 Å². The van der Waals surface area contributed by atoms with Gasteiger partial charge in [-0.1, -0.05) is 60.1 Å². The lowest BCUT2D eigenvalue weighted by Crippen LogP contribution is -2.32. The molecule has 1 heterocycles. The lowest BCUT2D eigenvalue weighted by Gasteiger charge is -2.30. The van der Waals surface area contributed by atoms with Gasteiger partial charge in [-0.25, -0.2) is 0 Å². The van der Waals surface area contributed by atoms with Gasteiger partial charge in [-0.2, -0.15) is 0 Å². The Labute approximate surface area is 197 Å². The number of fused-ring (bicyclic) bond motifs is 1. The molecule has 0 saturated carbocycles. The minimum atomic E-state index is -0.809. The van der Waals surface area contributed by atoms with Crippen molar-refractivity contribution in [3.63, 3.8) is 0 Å². The van der Waals surface area contributed by atoms with Crippen molar-refractivity contribution in [2.24, 2.45) is 11.8 Å². The van der Waals surface area contributed by atoms with Gasteiger partial charge in [0, 0.05) is 32.0 Å². The SMILES string of the molecule is CC#C[C@@H](CC(=O)O)C1=CC=C(OCC2C=CC(CN3CCc4ccccc4C3)=CC2)CC1. The fraction of sp³-hybridized carbons (Fsp3) is 0.414. The Balaban J connectivity index is 1.23. The summed E-state index contributed by atoms with van der Waals surface area (Å²) >= 11 is 0. The average molecular weight is 444 g/mol. The van der Waals surface area contributed by atoms with Gasteiger partial charge in [0.25, 0.3) is 0 Å². The van der Waals surface area contributed by atoms with E-state index in [1.54, 1.807) is 6.92 Å². The van der Waals surface area contributed by atoms with Crippen LogP contribution in [0.4, 0.5) is 0 Å². The second-order valence-electron chi connectivity index (χ2n) is 9.09. The number of carboxylic acids is 1. The normalized spacial score (nSPS) is 21.0. The molecule has 1 aromatic carbocycles. The number of benzene rings is 1. The van der Waals surface area contributed by atoms with Crippen molar-refractivity contribution in [3.8, 4) is 11.8 Å². The molecule has 0 spiro atoms. The zero-order valence-corrected chi connectivity index (χ0v) is 19.4. The Hall–Kier alpha value is -3.03. The van der Waals surface area contributed by atoms with Gasteiger partial charge >= 0.3 is 5.97 Å². The van der Waals surface area contributed by atoms with Crippen molar-refractivity contribution in [2.75, 3.05) is 19.7 Å². The average Bonchev–Trinajstić information content (AvgIpc) is 2.83. The van der Waals surface area contributed by atoms with Crippen LogP contribution in [0.3, 0.4) is 0 Å². The molecule has 1 unspecified atom stereocenters. The molecule has 1 N–H and O–H groups in total. The van der Waals surface area contributed by atoms with Gasteiger partial charge in [0.1, 0.15) is 0 Å². The molecule has 2 atom stereocenters. The minimum Gasteiger partial charge on any atom is -0.497 e. The fourth-order valence-electron chi connectivity index (χ4n) is 4.78. The standard InChI is InChI=1S/C29H33NO3/c1-2-5-26(18-29(31)32)25-12-14-28(15-13-25)33-21-23-10-8-22(9-11-23)19-30-17-16-24-6-3-4-7-27(24)20-30/h3-4,6-10,12,14,23,26H,11,13,15-21H2,1H3,(H,31,32)/t23?,26-/m0/s1. The Bertz CT molecular complexity index is 1050. The number of ether oxygens (including phenoxy) is 1. The number of allylic oxidation sites excluding steroid dienone is 5. The second kappa shape index (κ2) is 11.2. The summed E-state index contributed by atoms with van der Waals surface area (Å²) in [6, 6.07) is 8.78. The summed E-state index contributed by atoms with van der Waals surface area (Å²) < 4.78 is 6.09. The molecule has 33 heavy (non-hydrogen) atoms. The topological polar surface area (TPSA) is 49.8 Å². The highest BCUT2D eigenvalue weighted by Crippen LogP contribution is 2.28. The molecule has 1 aromatic rings. The molecule has 0 fully saturated rings. The molecule has 4 nitrogen and oxygen atoms in total. The molecule has 0 amide bonds. The van der Waals surface area contributed by atoms with Crippen molar-refractivity contribution >= 4 is 5.97 Å². The van der Waals surface area contributed by atoms with Gasteiger partial charge in [-0.15, -0.1) is 5.92 Å². The summed E-state index contributed by atoms with van der Waals surface area (Å²) in [5.41, 5.74) is 5.44. The molecule has 4 heteroatoms. The number of carbonyl (C=O) groups is 1. The number of nitrogens with zero attached hydrogens (tertiary/aromatic N) is 1. The maximum Gasteiger partial charge on any atom is 0.304 e. The summed E-state index contributed by atoms with van der Waals surface area (Å²) in [6.07, 6.45) is 14.7. The zero-order chi connectivity index (χ0) is 23.0. The lowest BCUT2D eigenvalue weighted by atomic mass is 9.89. The number of hydrogen-bond acceptors (Lipinski definition) is 3. The highest BCUT2D eigenvalue weighted by molar-refractivity contribution is 5.68. The quantitative estimate of drug-likeness (QED) is 0.555. The lowest BCUT2D eigenvalue weighted by molar-refractivity contribution is -0.137. The first-order chi connectivity index (χ1) is 16.1. The molecule has 0 bridgehead atoms. The van der Waals surface area contributed by atoms with Crippen LogP contribution in [0.5, 0.6) is 0 Å². The predicted octanol–water partition coefficient (Wildman–Crippen LogP) is 5.28. The van der Waals surface area contributed by atoms with Crippen LogP contribution in [0.1, 0.15) is 43.7 Å². The molecule has 2 aliphatic carbocycles. The summed E-state index contributed by atoms with van der Waals surface area (Å²) in [5.74, 6) is 6.25. The van der Waals surface area contributed by atoms with Crippen LogP contribution < -0.4 is 0 Å². The maximum atomic E-state index is 11.1. The van der Waals surface area contributed by atoms with Crippen LogP contribution in [0.25, 0.3) is 0 Å². The van der Waals surface area contributed by atoms with E-state index in [1.807, 2.05) is 12.2 Å². The first-order valence-corrected chi connectivity index (χ1v) is 11.9. The molecular formula is C29H33NO3. The molecule has 0 radical (unpaired) electrons. The van der Waals surface area contributed by atoms with Crippen molar-refractivity contribution in [1.29, 1.82) is 0 Å². The Morgan fingerprint density at radius 1 is 1.21 bits per heavy atom. The van der Waals surface area contributed by atoms with E-state index in [9.17, 15) is 4.79 Å². The van der Waals surface area contributed by atoms with E-state index in [2.05, 4.69) is 59.2 Å². The number of rotatable bonds is 8. The van der Waals surface area contributed by atoms with Crippen LogP contribution in [0, 0.1) is 23.7 Å². The number of hydrogen-bond donors (Lipinski definition) is 1. The van der Waals surface area contributed by atoms with Crippen LogP contribution >= 0.6 is 0 Å². The molecule has 0 saturated heterocycles. The van der Waals surface area contributed by atoms with E-state index in [0.29, 0.717) is 12.5 Å². The second-order valence-corrected chi connectivity index (χ2v) is 9.09. The molecular weight excluding hydrogens is 410 g/mol. The van der Waals surface area contributed by atoms with E-state index in [4.69, 9.17) is 9.84 Å². The third-order valence-electron chi connectivity index (χ3n) is 6.65. The summed E-state index contributed by atoms with van der Waals surface area (Å²) in [7, 11) is 0. The third kappa shape index (κ3) is 6.49. The monoisotopic (exact) mass is 443 g/mol. The Kier molecular flexibility index (Phi) is 7.86. The van der Waals surface area contributed by atoms with E-state index < -0.39 is 5.97 Å². The molecule has 0 aromatic heterocycles. The van der Waals surface area contributed by atoms with Crippen LogP contribution in [-0.4, -0.2) is 35.7 Å². The van der Waals surface area contributed by atoms with E-state index in [0.717, 1.165) is 56.6 Å². The van der Waals surface area contributed by atoms with Gasteiger partial charge in [-0.3, -0.25) is 9.69 Å². The molecule has 3 aliphatic rings. The minimum absolute atomic E-state index is 0.0577. The summed E-state index contributed by atoms with van der Waals surface area (Å²) in [4.78, 5) is 13.6. The summed E-state index contributed by atoms with van der Waals surface area (Å²) in [6.45, 7) is 5.60. The van der Waals surface area contributed by atoms with Crippen LogP contribution in [-0.2, 0) is 22.5 Å². The van der Waals surface area contributed by atoms with E-state index in [1.165, 1.54) is 16.7 Å². The van der Waals surface area contributed by atoms with Crippen LogP contribution in [0.2, 0.25) is 0 Å². The highest BCUT2D eigenvalue weighted by atomic mass is 16.5. The van der Waals surface area contributed by atoms with Gasteiger partial charge in [0.2, 0.25) is 0 Å². The first kappa shape index (κ1) is 23.1. The Morgan fingerprint density at radius 3 is 2.76 bits per heavy atom. The van der Waals surface area contributed by atoms with Crippen molar-refractivity contribution < 1.29 is 14.6 Å². The molecule has 1 aliphatic heterocycles. The zero-order valence-electron chi connectivity index (χ0n) is 19.4. The largest absolute Gasteiger partial charge is 0.497 e. The van der Waals surface area contributed by atoms with Gasteiger partial charge in [0.05, 0.1) is 24.7 Å². The predicted molar refractivity (Wildman–Crippen MR) is 131 cm³/mol. The number of aliphatic carboxylic acids is 1. The fourth-order valence-corrected chi connectivity index (χ4v) is 4.78. The van der Waals surface area contributed by atoms with Gasteiger partial charge in [0.15, 0.2) is 0 Å². The third-order valence-corrected chi connectivity index (χ3v) is 6.65. The van der Waals surface area contributed by atoms with Crippen molar-refractivity contribution in [1.82, 2.24) is 4.90 Å². The van der Waals surface area contributed by atoms with Crippen LogP contribution in [0.15, 0.2) is 71.6 Å². The molecule has 4 rings (SSSR count). The van der Waals surface area contributed by atoms with Crippen molar-refractivity contribution in [3.05, 3.63) is 82.7 Å². The molecule has 172 valence electrons. The Morgan fingerprint density at radius 2 is 2.06 bits per heavy atom. The number of carboxylic acid groups (broad SMARTS) is 1. The van der Waals surface area contributed by atoms with Crippen molar-refractivity contribution in [2.45, 2.75) is 45.6 Å². The smallest absolute Gasteiger partial charge is 0.304 e. The highest BCUT2D eigenvalue weighted by Gasteiger charge is 2.20. The van der Waals surface area contributed by atoms with Gasteiger partial charge < -0.3 is 9.84 Å². The van der Waals surface area contributed by atoms with E-state index >= 15 is 0 Å². The first-order valence-electron chi connectivity index (χ1n) is 11.9.